The summed E-state index contributed by atoms with van der Waals surface area (Å²) >= 11 is 0. The van der Waals surface area contributed by atoms with E-state index in [0.29, 0.717) is 49.1 Å². The summed E-state index contributed by atoms with van der Waals surface area (Å²) < 4.78 is 29.3. The van der Waals surface area contributed by atoms with Crippen LogP contribution in [0, 0.1) is 5.82 Å². The monoisotopic (exact) mass is 395 g/mol. The van der Waals surface area contributed by atoms with Gasteiger partial charge in [0.1, 0.15) is 24.5 Å². The maximum Gasteiger partial charge on any atom is 0.210 e. The van der Waals surface area contributed by atoms with Gasteiger partial charge >= 0.3 is 0 Å². The highest BCUT2D eigenvalue weighted by molar-refractivity contribution is 5.56. The summed E-state index contributed by atoms with van der Waals surface area (Å²) in [6.07, 6.45) is 9.15. The number of anilines is 1. The predicted molar refractivity (Wildman–Crippen MR) is 101 cm³/mol. The van der Waals surface area contributed by atoms with Crippen LogP contribution in [0.25, 0.3) is 5.65 Å². The second-order valence-corrected chi connectivity index (χ2v) is 6.57. The topological polar surface area (TPSA) is 91.4 Å². The first-order valence-corrected chi connectivity index (χ1v) is 9.24. The average Bonchev–Trinajstić information content (AvgIpc) is 3.49. The van der Waals surface area contributed by atoms with E-state index in [-0.39, 0.29) is 12.4 Å². The highest BCUT2D eigenvalue weighted by Gasteiger charge is 2.20. The van der Waals surface area contributed by atoms with Gasteiger partial charge in [-0.05, 0) is 12.1 Å². The van der Waals surface area contributed by atoms with E-state index >= 15 is 0 Å². The quantitative estimate of drug-likeness (QED) is 0.512. The van der Waals surface area contributed by atoms with Crippen LogP contribution in [-0.2, 0) is 19.5 Å². The van der Waals surface area contributed by atoms with E-state index < -0.39 is 0 Å². The molecular weight excluding hydrogens is 377 g/mol. The van der Waals surface area contributed by atoms with Crippen molar-refractivity contribution in [1.82, 2.24) is 29.1 Å². The third kappa shape index (κ3) is 3.33. The molecule has 0 spiro atoms. The smallest absolute Gasteiger partial charge is 0.210 e. The molecule has 0 radical (unpaired) electrons. The Morgan fingerprint density at radius 3 is 3.14 bits per heavy atom. The van der Waals surface area contributed by atoms with Crippen molar-refractivity contribution >= 4 is 11.6 Å². The van der Waals surface area contributed by atoms with Crippen molar-refractivity contribution in [3.63, 3.8) is 0 Å². The standard InChI is InChI=1S/C19H18FN7O2/c20-15-1-2-16-13(3-7-28-16)14(15)9-22-19-23-10-17(18-25-24-12-27(18)19)29-8-6-26-5-4-21-11-26/h1-2,4-5,10-12H,3,6-9H2,(H,22,23). The lowest BCUT2D eigenvalue weighted by Gasteiger charge is -2.13. The van der Waals surface area contributed by atoms with Gasteiger partial charge in [-0.25, -0.2) is 18.8 Å². The van der Waals surface area contributed by atoms with Crippen LogP contribution in [0.5, 0.6) is 11.5 Å². The summed E-state index contributed by atoms with van der Waals surface area (Å²) in [5, 5.41) is 11.2. The molecule has 5 rings (SSSR count). The van der Waals surface area contributed by atoms with Gasteiger partial charge in [0, 0.05) is 36.5 Å². The Bertz CT molecular complexity index is 1140. The first-order valence-electron chi connectivity index (χ1n) is 9.24. The van der Waals surface area contributed by atoms with Crippen LogP contribution in [0.4, 0.5) is 10.3 Å². The number of nitrogens with zero attached hydrogens (tertiary/aromatic N) is 6. The molecule has 9 nitrogen and oxygen atoms in total. The van der Waals surface area contributed by atoms with E-state index in [2.05, 4.69) is 25.5 Å². The summed E-state index contributed by atoms with van der Waals surface area (Å²) in [5.41, 5.74) is 2.02. The predicted octanol–water partition coefficient (Wildman–Crippen LogP) is 2.09. The van der Waals surface area contributed by atoms with Crippen LogP contribution >= 0.6 is 0 Å². The average molecular weight is 395 g/mol. The van der Waals surface area contributed by atoms with E-state index in [1.54, 1.807) is 35.5 Å². The Kier molecular flexibility index (Phi) is 4.43. The lowest BCUT2D eigenvalue weighted by molar-refractivity contribution is 0.299. The summed E-state index contributed by atoms with van der Waals surface area (Å²) in [6, 6.07) is 3.10. The molecule has 1 aliphatic rings. The zero-order valence-electron chi connectivity index (χ0n) is 15.5. The normalized spacial score (nSPS) is 12.7. The van der Waals surface area contributed by atoms with E-state index in [1.165, 1.54) is 6.07 Å². The molecule has 0 saturated heterocycles. The highest BCUT2D eigenvalue weighted by atomic mass is 19.1. The van der Waals surface area contributed by atoms with Gasteiger partial charge in [-0.15, -0.1) is 10.2 Å². The maximum atomic E-state index is 14.3. The van der Waals surface area contributed by atoms with Crippen molar-refractivity contribution in [2.24, 2.45) is 0 Å². The number of rotatable bonds is 7. The molecule has 0 fully saturated rings. The van der Waals surface area contributed by atoms with E-state index in [4.69, 9.17) is 9.47 Å². The Labute approximate surface area is 165 Å². The van der Waals surface area contributed by atoms with Gasteiger partial charge in [0.05, 0.1) is 25.7 Å². The van der Waals surface area contributed by atoms with Crippen LogP contribution in [-0.4, -0.2) is 42.3 Å². The van der Waals surface area contributed by atoms with Crippen LogP contribution in [0.15, 0.2) is 43.4 Å². The number of hydrogen-bond donors (Lipinski definition) is 1. The molecule has 1 N–H and O–H groups in total. The molecule has 0 saturated carbocycles. The van der Waals surface area contributed by atoms with Gasteiger partial charge < -0.3 is 19.4 Å². The van der Waals surface area contributed by atoms with Crippen LogP contribution in [0.2, 0.25) is 0 Å². The van der Waals surface area contributed by atoms with Crippen molar-refractivity contribution in [3.8, 4) is 11.5 Å². The summed E-state index contributed by atoms with van der Waals surface area (Å²) in [7, 11) is 0. The molecule has 1 aromatic carbocycles. The Morgan fingerprint density at radius 2 is 2.24 bits per heavy atom. The molecule has 0 aliphatic carbocycles. The molecule has 1 aliphatic heterocycles. The van der Waals surface area contributed by atoms with Crippen molar-refractivity contribution in [3.05, 3.63) is 60.3 Å². The van der Waals surface area contributed by atoms with Crippen molar-refractivity contribution < 1.29 is 13.9 Å². The van der Waals surface area contributed by atoms with Gasteiger partial charge in [0.15, 0.2) is 5.75 Å². The van der Waals surface area contributed by atoms with Gasteiger partial charge in [0.25, 0.3) is 0 Å². The molecule has 0 unspecified atom stereocenters. The van der Waals surface area contributed by atoms with E-state index in [9.17, 15) is 4.39 Å². The van der Waals surface area contributed by atoms with Gasteiger partial charge in [0.2, 0.25) is 11.6 Å². The fourth-order valence-electron chi connectivity index (χ4n) is 3.38. The molecule has 4 heterocycles. The summed E-state index contributed by atoms with van der Waals surface area (Å²) in [4.78, 5) is 8.41. The third-order valence-electron chi connectivity index (χ3n) is 4.83. The number of ether oxygens (including phenoxy) is 2. The second-order valence-electron chi connectivity index (χ2n) is 6.57. The molecule has 4 aromatic rings. The minimum Gasteiger partial charge on any atom is -0.493 e. The number of hydrogen-bond acceptors (Lipinski definition) is 7. The molecular formula is C19H18FN7O2. The van der Waals surface area contributed by atoms with Crippen molar-refractivity contribution in [2.45, 2.75) is 19.5 Å². The lowest BCUT2D eigenvalue weighted by Crippen LogP contribution is -2.11. The number of halogens is 1. The van der Waals surface area contributed by atoms with Gasteiger partial charge in [-0.2, -0.15) is 0 Å². The molecule has 0 bridgehead atoms. The highest BCUT2D eigenvalue weighted by Crippen LogP contribution is 2.30. The Balaban J connectivity index is 1.33. The van der Waals surface area contributed by atoms with Crippen molar-refractivity contribution in [1.29, 1.82) is 0 Å². The zero-order chi connectivity index (χ0) is 19.6. The van der Waals surface area contributed by atoms with Gasteiger partial charge in [-0.1, -0.05) is 0 Å². The van der Waals surface area contributed by atoms with Crippen LogP contribution in [0.1, 0.15) is 11.1 Å². The van der Waals surface area contributed by atoms with E-state index in [0.717, 1.165) is 11.3 Å². The third-order valence-corrected chi connectivity index (χ3v) is 4.83. The maximum absolute atomic E-state index is 14.3. The SMILES string of the molecule is Fc1ccc2c(c1CNc1ncc(OCCn3ccnc3)c3nncn13)CCO2. The number of fused-ring (bicyclic) bond motifs is 2. The van der Waals surface area contributed by atoms with Crippen LogP contribution in [0.3, 0.4) is 0 Å². The summed E-state index contributed by atoms with van der Waals surface area (Å²) in [5.74, 6) is 1.50. The fraction of sp³-hybridized carbons (Fsp3) is 0.263. The van der Waals surface area contributed by atoms with Crippen LogP contribution < -0.4 is 14.8 Å². The lowest BCUT2D eigenvalue weighted by atomic mass is 10.0. The molecule has 0 atom stereocenters. The largest absolute Gasteiger partial charge is 0.493 e. The van der Waals surface area contributed by atoms with Crippen molar-refractivity contribution in [2.75, 3.05) is 18.5 Å². The Hall–Kier alpha value is -3.69. The second kappa shape index (κ2) is 7.38. The molecule has 10 heteroatoms. The number of imidazole rings is 1. The number of benzene rings is 1. The first kappa shape index (κ1) is 17.4. The molecule has 29 heavy (non-hydrogen) atoms. The minimum atomic E-state index is -0.263. The first-order chi connectivity index (χ1) is 14.3. The Morgan fingerprint density at radius 1 is 1.28 bits per heavy atom. The number of nitrogens with one attached hydrogen (secondary N) is 1. The molecule has 148 valence electrons. The minimum absolute atomic E-state index is 0.263. The summed E-state index contributed by atoms with van der Waals surface area (Å²) in [6.45, 7) is 1.94. The molecule has 0 amide bonds. The fourth-order valence-corrected chi connectivity index (χ4v) is 3.38. The zero-order valence-corrected chi connectivity index (χ0v) is 15.5. The molecule has 3 aromatic heterocycles. The van der Waals surface area contributed by atoms with E-state index in [1.807, 2.05) is 10.8 Å². The van der Waals surface area contributed by atoms with Gasteiger partial charge in [-0.3, -0.25) is 0 Å². The number of aromatic nitrogens is 6.